The average molecular weight is 659 g/mol. The molecule has 0 spiro atoms. The molecule has 2 amide bonds. The molecule has 0 aromatic carbocycles. The normalized spacial score (nSPS) is 22.3. The van der Waals surface area contributed by atoms with E-state index in [1.54, 1.807) is 27.7 Å². The summed E-state index contributed by atoms with van der Waals surface area (Å²) in [6, 6.07) is 0. The lowest BCUT2D eigenvalue weighted by Gasteiger charge is -2.53. The Morgan fingerprint density at radius 3 is 1.15 bits per heavy atom. The molecule has 0 saturated carbocycles. The summed E-state index contributed by atoms with van der Waals surface area (Å²) in [6.45, 7) is 24.8. The van der Waals surface area contributed by atoms with Crippen molar-refractivity contribution in [2.75, 3.05) is 26.3 Å². The Morgan fingerprint density at radius 2 is 0.891 bits per heavy atom. The molecule has 0 radical (unpaired) electrons. The van der Waals surface area contributed by atoms with Crippen molar-refractivity contribution in [2.45, 2.75) is 180 Å². The van der Waals surface area contributed by atoms with Gasteiger partial charge in [-0.05, 0) is 95.9 Å². The smallest absolute Gasteiger partial charge is 0.407 e. The van der Waals surface area contributed by atoms with Crippen LogP contribution in [0, 0.1) is 0 Å². The molecule has 0 unspecified atom stereocenters. The van der Waals surface area contributed by atoms with Gasteiger partial charge in [-0.1, -0.05) is 12.8 Å². The number of alkyl carbamates (subject to hydrolysis) is 2. The zero-order chi connectivity index (χ0) is 35.2. The second-order valence-corrected chi connectivity index (χ2v) is 17.1. The molecule has 0 aromatic heterocycles. The van der Waals surface area contributed by atoms with E-state index in [0.29, 0.717) is 38.8 Å². The zero-order valence-electron chi connectivity index (χ0n) is 30.9. The van der Waals surface area contributed by atoms with Crippen LogP contribution in [0.4, 0.5) is 9.59 Å². The third kappa shape index (κ3) is 13.4. The molecule has 0 bridgehead atoms. The van der Waals surface area contributed by atoms with Crippen molar-refractivity contribution < 1.29 is 39.0 Å². The van der Waals surface area contributed by atoms with Crippen molar-refractivity contribution >= 4 is 12.2 Å². The van der Waals surface area contributed by atoms with Gasteiger partial charge < -0.3 is 30.3 Å². The first-order chi connectivity index (χ1) is 20.8. The van der Waals surface area contributed by atoms with E-state index < -0.39 is 23.4 Å². The molecule has 270 valence electrons. The summed E-state index contributed by atoms with van der Waals surface area (Å²) in [5, 5.41) is 29.8. The van der Waals surface area contributed by atoms with Gasteiger partial charge in [0.1, 0.15) is 12.2 Å². The number of carbonyl (C=O) groups excluding carboxylic acids is 2. The molecule has 0 atom stereocenters. The van der Waals surface area contributed by atoms with Crippen molar-refractivity contribution in [3.8, 4) is 0 Å². The number of hydrogen-bond acceptors (Lipinski definition) is 10. The molecule has 2 aliphatic heterocycles. The number of hydroxylamine groups is 4. The SMILES string of the molecule is CC(C)(O)CON1C(C)(C)CC(OC(=O)NCCCCCCNC(=O)OC2CC(C)(C)N(OCC(C)(C)O)C(C)(C)C2)CC1(C)C. The van der Waals surface area contributed by atoms with Crippen LogP contribution in [0.3, 0.4) is 0 Å². The number of carbonyl (C=O) groups is 2. The zero-order valence-corrected chi connectivity index (χ0v) is 30.9. The third-order valence-electron chi connectivity index (χ3n) is 8.39. The summed E-state index contributed by atoms with van der Waals surface area (Å²) in [5.41, 5.74) is -3.39. The fourth-order valence-corrected chi connectivity index (χ4v) is 7.02. The van der Waals surface area contributed by atoms with Crippen LogP contribution in [0.2, 0.25) is 0 Å². The highest BCUT2D eigenvalue weighted by Crippen LogP contribution is 2.41. The molecule has 2 saturated heterocycles. The Morgan fingerprint density at radius 1 is 0.609 bits per heavy atom. The number of aliphatic hydroxyl groups is 2. The van der Waals surface area contributed by atoms with Crippen molar-refractivity contribution in [3.05, 3.63) is 0 Å². The van der Waals surface area contributed by atoms with E-state index >= 15 is 0 Å². The van der Waals surface area contributed by atoms with E-state index in [4.69, 9.17) is 19.1 Å². The number of nitrogens with one attached hydrogen (secondary N) is 2. The maximum atomic E-state index is 12.5. The molecule has 0 aliphatic carbocycles. The van der Waals surface area contributed by atoms with Crippen LogP contribution in [-0.2, 0) is 19.1 Å². The standard InChI is InChI=1S/C34H66N4O8/c1-29(2)19-25(20-30(3,4)37(29)43-23-33(9,10)41)45-27(39)35-17-15-13-14-16-18-36-28(40)46-26-21-31(5,6)38(32(7,8)22-26)44-24-34(11,12)42/h25-26,41-42H,13-24H2,1-12H3,(H,35,39)(H,36,40). The lowest BCUT2D eigenvalue weighted by Crippen LogP contribution is -2.62. The lowest BCUT2D eigenvalue weighted by molar-refractivity contribution is -0.305. The predicted octanol–water partition coefficient (Wildman–Crippen LogP) is 5.45. The first-order valence-corrected chi connectivity index (χ1v) is 17.0. The summed E-state index contributed by atoms with van der Waals surface area (Å²) < 4.78 is 11.6. The molecule has 12 heteroatoms. The second kappa shape index (κ2) is 15.7. The molecule has 46 heavy (non-hydrogen) atoms. The van der Waals surface area contributed by atoms with Crippen molar-refractivity contribution in [1.82, 2.24) is 20.8 Å². The maximum absolute atomic E-state index is 12.5. The van der Waals surface area contributed by atoms with E-state index in [0.717, 1.165) is 25.7 Å². The molecule has 2 heterocycles. The summed E-state index contributed by atoms with van der Waals surface area (Å²) in [4.78, 5) is 37.1. The third-order valence-corrected chi connectivity index (χ3v) is 8.39. The molecular weight excluding hydrogens is 592 g/mol. The second-order valence-electron chi connectivity index (χ2n) is 17.1. The highest BCUT2D eigenvalue weighted by molar-refractivity contribution is 5.67. The Hall–Kier alpha value is -1.70. The molecule has 4 N–H and O–H groups in total. The average Bonchev–Trinajstić information content (AvgIpc) is 2.81. The molecule has 12 nitrogen and oxygen atoms in total. The monoisotopic (exact) mass is 658 g/mol. The van der Waals surface area contributed by atoms with Crippen LogP contribution in [0.1, 0.15) is 134 Å². The van der Waals surface area contributed by atoms with Crippen LogP contribution in [-0.4, -0.2) is 104 Å². The van der Waals surface area contributed by atoms with E-state index in [-0.39, 0.29) is 47.6 Å². The van der Waals surface area contributed by atoms with Gasteiger partial charge in [0.2, 0.25) is 0 Å². The van der Waals surface area contributed by atoms with E-state index in [2.05, 4.69) is 66.0 Å². The predicted molar refractivity (Wildman–Crippen MR) is 178 cm³/mol. The number of unbranched alkanes of at least 4 members (excludes halogenated alkanes) is 3. The van der Waals surface area contributed by atoms with E-state index in [1.807, 2.05) is 10.1 Å². The van der Waals surface area contributed by atoms with E-state index in [9.17, 15) is 19.8 Å². The maximum Gasteiger partial charge on any atom is 0.407 e. The quantitative estimate of drug-likeness (QED) is 0.168. The largest absolute Gasteiger partial charge is 0.446 e. The summed E-state index contributed by atoms with van der Waals surface area (Å²) in [6.07, 6.45) is 4.66. The van der Waals surface area contributed by atoms with Crippen LogP contribution in [0.15, 0.2) is 0 Å². The van der Waals surface area contributed by atoms with Crippen LogP contribution in [0.25, 0.3) is 0 Å². The Kier molecular flexibility index (Phi) is 13.8. The summed E-state index contributed by atoms with van der Waals surface area (Å²) >= 11 is 0. The number of nitrogens with zero attached hydrogens (tertiary/aromatic N) is 2. The highest BCUT2D eigenvalue weighted by Gasteiger charge is 2.49. The molecule has 2 fully saturated rings. The van der Waals surface area contributed by atoms with Crippen LogP contribution in [0.5, 0.6) is 0 Å². The van der Waals surface area contributed by atoms with E-state index in [1.165, 1.54) is 0 Å². The van der Waals surface area contributed by atoms with Gasteiger partial charge in [0.05, 0.1) is 24.4 Å². The fourth-order valence-electron chi connectivity index (χ4n) is 7.02. The van der Waals surface area contributed by atoms with Gasteiger partial charge in [-0.25, -0.2) is 9.59 Å². The molecule has 0 aromatic rings. The number of piperidine rings is 2. The highest BCUT2D eigenvalue weighted by atomic mass is 16.7. The minimum atomic E-state index is -0.939. The number of rotatable bonds is 15. The minimum Gasteiger partial charge on any atom is -0.446 e. The Labute approximate surface area is 278 Å². The fraction of sp³-hybridized carbons (Fsp3) is 0.941. The van der Waals surface area contributed by atoms with Crippen LogP contribution < -0.4 is 10.6 Å². The van der Waals surface area contributed by atoms with Crippen molar-refractivity contribution in [1.29, 1.82) is 0 Å². The van der Waals surface area contributed by atoms with Crippen molar-refractivity contribution in [3.63, 3.8) is 0 Å². The Bertz CT molecular complexity index is 873. The molecule has 2 rings (SSSR count). The van der Waals surface area contributed by atoms with Gasteiger partial charge in [-0.3, -0.25) is 9.68 Å². The van der Waals surface area contributed by atoms with Crippen LogP contribution >= 0.6 is 0 Å². The first kappa shape index (κ1) is 40.5. The van der Waals surface area contributed by atoms with Gasteiger partial charge in [0.15, 0.2) is 0 Å². The van der Waals surface area contributed by atoms with Crippen molar-refractivity contribution in [2.24, 2.45) is 0 Å². The molecule has 2 aliphatic rings. The van der Waals surface area contributed by atoms with Gasteiger partial charge in [0.25, 0.3) is 0 Å². The number of ether oxygens (including phenoxy) is 2. The first-order valence-electron chi connectivity index (χ1n) is 17.0. The topological polar surface area (TPSA) is 142 Å². The summed E-state index contributed by atoms with van der Waals surface area (Å²) in [7, 11) is 0. The van der Waals surface area contributed by atoms with Gasteiger partial charge in [0, 0.05) is 60.9 Å². The lowest BCUT2D eigenvalue weighted by atomic mass is 9.80. The molecular formula is C34H66N4O8. The Balaban J connectivity index is 1.62. The number of amides is 2. The van der Waals surface area contributed by atoms with Gasteiger partial charge in [-0.15, -0.1) is 0 Å². The minimum absolute atomic E-state index is 0.185. The van der Waals surface area contributed by atoms with Gasteiger partial charge in [-0.2, -0.15) is 10.1 Å². The summed E-state index contributed by atoms with van der Waals surface area (Å²) in [5.74, 6) is 0. The number of hydrogen-bond donors (Lipinski definition) is 4. The van der Waals surface area contributed by atoms with Gasteiger partial charge >= 0.3 is 12.2 Å².